The number of benzene rings is 2. The van der Waals surface area contributed by atoms with E-state index >= 15 is 0 Å². The van der Waals surface area contributed by atoms with Crippen LogP contribution in [0.1, 0.15) is 22.8 Å². The van der Waals surface area contributed by atoms with Gasteiger partial charge in [-0.15, -0.1) is 0 Å². The second-order valence-corrected chi connectivity index (χ2v) is 4.58. The van der Waals surface area contributed by atoms with Crippen molar-refractivity contribution in [2.24, 2.45) is 0 Å². The molecule has 1 nitrogen and oxygen atoms in total. The van der Waals surface area contributed by atoms with E-state index in [1.807, 2.05) is 55.5 Å². The maximum absolute atomic E-state index is 10.3. The van der Waals surface area contributed by atoms with E-state index < -0.39 is 6.10 Å². The van der Waals surface area contributed by atoms with Crippen LogP contribution in [0.2, 0.25) is 0 Å². The van der Waals surface area contributed by atoms with E-state index in [0.717, 1.165) is 21.2 Å². The summed E-state index contributed by atoms with van der Waals surface area (Å²) in [7, 11) is 0. The Morgan fingerprint density at radius 1 is 1.00 bits per heavy atom. The van der Waals surface area contributed by atoms with Crippen molar-refractivity contribution in [1.82, 2.24) is 0 Å². The molecule has 0 aliphatic carbocycles. The van der Waals surface area contributed by atoms with Crippen molar-refractivity contribution in [1.29, 1.82) is 0 Å². The predicted molar refractivity (Wildman–Crippen MR) is 69.4 cm³/mol. The Morgan fingerprint density at radius 2 is 1.69 bits per heavy atom. The molecule has 82 valence electrons. The van der Waals surface area contributed by atoms with Gasteiger partial charge in [0.25, 0.3) is 0 Å². The second kappa shape index (κ2) is 4.81. The van der Waals surface area contributed by atoms with Crippen LogP contribution in [-0.2, 0) is 0 Å². The molecule has 0 saturated carbocycles. The first-order valence-electron chi connectivity index (χ1n) is 5.18. The van der Waals surface area contributed by atoms with Gasteiger partial charge in [0, 0.05) is 4.47 Å². The zero-order valence-corrected chi connectivity index (χ0v) is 10.6. The topological polar surface area (TPSA) is 20.2 Å². The van der Waals surface area contributed by atoms with E-state index in [1.165, 1.54) is 0 Å². The van der Waals surface area contributed by atoms with Crippen molar-refractivity contribution < 1.29 is 5.11 Å². The number of hydrogen-bond acceptors (Lipinski definition) is 1. The third-order valence-corrected chi connectivity index (χ3v) is 3.71. The van der Waals surface area contributed by atoms with Gasteiger partial charge < -0.3 is 5.11 Å². The summed E-state index contributed by atoms with van der Waals surface area (Å²) in [6.07, 6.45) is -0.574. The van der Waals surface area contributed by atoms with Gasteiger partial charge in [-0.1, -0.05) is 64.5 Å². The minimum atomic E-state index is -0.574. The van der Waals surface area contributed by atoms with Crippen molar-refractivity contribution >= 4 is 15.9 Å². The fourth-order valence-corrected chi connectivity index (χ4v) is 2.18. The molecule has 0 fully saturated rings. The average molecular weight is 277 g/mol. The quantitative estimate of drug-likeness (QED) is 0.884. The van der Waals surface area contributed by atoms with E-state index in [1.54, 1.807) is 0 Å². The Kier molecular flexibility index (Phi) is 3.42. The van der Waals surface area contributed by atoms with Crippen molar-refractivity contribution in [3.05, 3.63) is 69.7 Å². The van der Waals surface area contributed by atoms with Crippen LogP contribution < -0.4 is 0 Å². The van der Waals surface area contributed by atoms with Gasteiger partial charge in [0.05, 0.1) is 0 Å². The van der Waals surface area contributed by atoms with E-state index in [9.17, 15) is 5.11 Å². The summed E-state index contributed by atoms with van der Waals surface area (Å²) in [5.41, 5.74) is 2.95. The smallest absolute Gasteiger partial charge is 0.105 e. The SMILES string of the molecule is Cc1cccc(C(O)c2ccccc2)c1Br. The molecule has 2 aromatic rings. The number of rotatable bonds is 2. The van der Waals surface area contributed by atoms with E-state index in [0.29, 0.717) is 0 Å². The van der Waals surface area contributed by atoms with Crippen LogP contribution in [0.4, 0.5) is 0 Å². The standard InChI is InChI=1S/C14H13BrO/c1-10-6-5-9-12(13(10)15)14(16)11-7-3-2-4-8-11/h2-9,14,16H,1H3. The Balaban J connectivity index is 2.42. The van der Waals surface area contributed by atoms with Gasteiger partial charge in [-0.3, -0.25) is 0 Å². The van der Waals surface area contributed by atoms with Crippen LogP contribution in [-0.4, -0.2) is 5.11 Å². The van der Waals surface area contributed by atoms with E-state index in [4.69, 9.17) is 0 Å². The highest BCUT2D eigenvalue weighted by Crippen LogP contribution is 2.30. The van der Waals surface area contributed by atoms with Gasteiger partial charge in [0.15, 0.2) is 0 Å². The summed E-state index contributed by atoms with van der Waals surface area (Å²) >= 11 is 3.52. The molecule has 0 aromatic heterocycles. The van der Waals surface area contributed by atoms with Crippen molar-refractivity contribution in [2.75, 3.05) is 0 Å². The molecule has 0 aliphatic rings. The van der Waals surface area contributed by atoms with Crippen LogP contribution in [0.3, 0.4) is 0 Å². The fourth-order valence-electron chi connectivity index (χ4n) is 1.70. The summed E-state index contributed by atoms with van der Waals surface area (Å²) in [6, 6.07) is 15.6. The molecule has 0 amide bonds. The zero-order chi connectivity index (χ0) is 11.5. The van der Waals surface area contributed by atoms with Crippen LogP contribution in [0, 0.1) is 6.92 Å². The van der Waals surface area contributed by atoms with Crippen molar-refractivity contribution in [2.45, 2.75) is 13.0 Å². The molecule has 16 heavy (non-hydrogen) atoms. The van der Waals surface area contributed by atoms with Gasteiger partial charge in [0.2, 0.25) is 0 Å². The Bertz CT molecular complexity index is 479. The molecule has 0 spiro atoms. The normalized spacial score (nSPS) is 12.4. The van der Waals surface area contributed by atoms with Crippen LogP contribution >= 0.6 is 15.9 Å². The Morgan fingerprint density at radius 3 is 2.38 bits per heavy atom. The lowest BCUT2D eigenvalue weighted by Gasteiger charge is -2.14. The molecule has 1 N–H and O–H groups in total. The van der Waals surface area contributed by atoms with Crippen molar-refractivity contribution in [3.63, 3.8) is 0 Å². The highest BCUT2D eigenvalue weighted by atomic mass is 79.9. The lowest BCUT2D eigenvalue weighted by molar-refractivity contribution is 0.219. The van der Waals surface area contributed by atoms with Gasteiger partial charge in [-0.2, -0.15) is 0 Å². The largest absolute Gasteiger partial charge is 0.384 e. The number of aliphatic hydroxyl groups excluding tert-OH is 1. The molecule has 1 unspecified atom stereocenters. The summed E-state index contributed by atoms with van der Waals surface area (Å²) in [6.45, 7) is 2.02. The number of hydrogen-bond donors (Lipinski definition) is 1. The highest BCUT2D eigenvalue weighted by Gasteiger charge is 2.13. The zero-order valence-electron chi connectivity index (χ0n) is 9.02. The first-order chi connectivity index (χ1) is 7.70. The van der Waals surface area contributed by atoms with Gasteiger partial charge in [0.1, 0.15) is 6.10 Å². The average Bonchev–Trinajstić information content (AvgIpc) is 2.33. The molecule has 0 bridgehead atoms. The molecule has 2 aromatic carbocycles. The number of aliphatic hydroxyl groups is 1. The highest BCUT2D eigenvalue weighted by molar-refractivity contribution is 9.10. The number of aryl methyl sites for hydroxylation is 1. The van der Waals surface area contributed by atoms with Crippen molar-refractivity contribution in [3.8, 4) is 0 Å². The monoisotopic (exact) mass is 276 g/mol. The molecule has 1 atom stereocenters. The first-order valence-corrected chi connectivity index (χ1v) is 5.97. The van der Waals surface area contributed by atoms with E-state index in [2.05, 4.69) is 15.9 Å². The number of halogens is 1. The third kappa shape index (κ3) is 2.18. The summed E-state index contributed by atoms with van der Waals surface area (Å²) in [4.78, 5) is 0. The fraction of sp³-hybridized carbons (Fsp3) is 0.143. The molecule has 0 aliphatic heterocycles. The first kappa shape index (κ1) is 11.4. The van der Waals surface area contributed by atoms with Gasteiger partial charge >= 0.3 is 0 Å². The minimum absolute atomic E-state index is 0.574. The molecule has 2 rings (SSSR count). The Hall–Kier alpha value is -1.12. The Labute approximate surface area is 104 Å². The maximum Gasteiger partial charge on any atom is 0.105 e. The molecule has 0 saturated heterocycles. The molecule has 0 heterocycles. The minimum Gasteiger partial charge on any atom is -0.384 e. The third-order valence-electron chi connectivity index (χ3n) is 2.63. The molecular formula is C14H13BrO. The molecule has 0 radical (unpaired) electrons. The molecule has 2 heteroatoms. The van der Waals surface area contributed by atoms with E-state index in [-0.39, 0.29) is 0 Å². The van der Waals surface area contributed by atoms with Gasteiger partial charge in [-0.25, -0.2) is 0 Å². The van der Waals surface area contributed by atoms with Crippen LogP contribution in [0.15, 0.2) is 53.0 Å². The van der Waals surface area contributed by atoms with Crippen LogP contribution in [0.25, 0.3) is 0 Å². The van der Waals surface area contributed by atoms with Crippen LogP contribution in [0.5, 0.6) is 0 Å². The predicted octanol–water partition coefficient (Wildman–Crippen LogP) is 3.84. The summed E-state index contributed by atoms with van der Waals surface area (Å²) in [5.74, 6) is 0. The maximum atomic E-state index is 10.3. The lowest BCUT2D eigenvalue weighted by atomic mass is 10.0. The van der Waals surface area contributed by atoms with Gasteiger partial charge in [-0.05, 0) is 23.6 Å². The second-order valence-electron chi connectivity index (χ2n) is 3.79. The molecular weight excluding hydrogens is 264 g/mol. The summed E-state index contributed by atoms with van der Waals surface area (Å²) < 4.78 is 0.978. The lowest BCUT2D eigenvalue weighted by Crippen LogP contribution is -2.01. The summed E-state index contributed by atoms with van der Waals surface area (Å²) in [5, 5.41) is 10.3.